The van der Waals surface area contributed by atoms with Crippen molar-refractivity contribution in [1.29, 1.82) is 0 Å². The predicted octanol–water partition coefficient (Wildman–Crippen LogP) is 4.11. The smallest absolute Gasteiger partial charge is 0.267 e. The average Bonchev–Trinajstić information content (AvgIpc) is 3.07. The zero-order chi connectivity index (χ0) is 23.1. The normalized spacial score (nSPS) is 17.5. The Kier molecular flexibility index (Phi) is 5.80. The summed E-state index contributed by atoms with van der Waals surface area (Å²) < 4.78 is 2.06. The third-order valence-corrected chi connectivity index (χ3v) is 7.25. The van der Waals surface area contributed by atoms with Crippen molar-refractivity contribution in [2.75, 3.05) is 18.0 Å². The van der Waals surface area contributed by atoms with Gasteiger partial charge in [-0.2, -0.15) is 0 Å². The van der Waals surface area contributed by atoms with Gasteiger partial charge in [0.15, 0.2) is 0 Å². The van der Waals surface area contributed by atoms with Crippen LogP contribution in [0.5, 0.6) is 0 Å². The maximum Gasteiger partial charge on any atom is 0.267 e. The molecule has 1 amide bonds. The topological polar surface area (TPSA) is 57.9 Å². The second-order valence-electron chi connectivity index (χ2n) is 8.71. The number of nitrogens with zero attached hydrogens (tertiary/aromatic N) is 4. The second-order valence-corrected chi connectivity index (χ2v) is 10.4. The molecule has 0 aliphatic carbocycles. The van der Waals surface area contributed by atoms with Crippen molar-refractivity contribution in [1.82, 2.24) is 14.3 Å². The number of hydrogen-bond donors (Lipinski definition) is 0. The summed E-state index contributed by atoms with van der Waals surface area (Å²) in [6.45, 7) is 6.08. The Morgan fingerprint density at radius 3 is 2.67 bits per heavy atom. The predicted molar refractivity (Wildman–Crippen MR) is 137 cm³/mol. The van der Waals surface area contributed by atoms with Gasteiger partial charge in [-0.25, -0.2) is 4.98 Å². The molecule has 5 rings (SSSR count). The van der Waals surface area contributed by atoms with E-state index in [1.54, 1.807) is 23.2 Å². The Balaban J connectivity index is 1.62. The molecular weight excluding hydrogens is 452 g/mol. The molecule has 4 heterocycles. The zero-order valence-electron chi connectivity index (χ0n) is 18.5. The van der Waals surface area contributed by atoms with E-state index in [-0.39, 0.29) is 11.5 Å². The number of benzene rings is 1. The third-order valence-electron chi connectivity index (χ3n) is 5.88. The number of carbonyl (C=O) groups excluding carboxylic acids is 1. The van der Waals surface area contributed by atoms with E-state index in [0.29, 0.717) is 45.3 Å². The van der Waals surface area contributed by atoms with Crippen LogP contribution in [0.3, 0.4) is 0 Å². The Morgan fingerprint density at radius 1 is 1.12 bits per heavy atom. The first-order valence-corrected chi connectivity index (χ1v) is 12.2. The quantitative estimate of drug-likeness (QED) is 0.417. The summed E-state index contributed by atoms with van der Waals surface area (Å²) in [5.41, 5.74) is 3.36. The largest absolute Gasteiger partial charge is 0.351 e. The minimum absolute atomic E-state index is 0.147. The molecular formula is C25H24N4O2S2. The first-order chi connectivity index (χ1) is 15.9. The van der Waals surface area contributed by atoms with Gasteiger partial charge in [-0.1, -0.05) is 68.2 Å². The first kappa shape index (κ1) is 21.9. The average molecular weight is 477 g/mol. The fourth-order valence-electron chi connectivity index (χ4n) is 4.29. The number of amides is 1. The fraction of sp³-hybridized carbons (Fsp3) is 0.280. The molecule has 6 nitrogen and oxygen atoms in total. The van der Waals surface area contributed by atoms with Crippen LogP contribution in [0, 0.1) is 5.92 Å². The van der Waals surface area contributed by atoms with Crippen LogP contribution in [-0.2, 0) is 17.8 Å². The van der Waals surface area contributed by atoms with Gasteiger partial charge in [0.25, 0.3) is 11.5 Å². The lowest BCUT2D eigenvalue weighted by Crippen LogP contribution is -2.34. The molecule has 33 heavy (non-hydrogen) atoms. The molecule has 0 bridgehead atoms. The molecule has 1 aromatic carbocycles. The lowest BCUT2D eigenvalue weighted by molar-refractivity contribution is -0.122. The van der Waals surface area contributed by atoms with Gasteiger partial charge in [0.1, 0.15) is 15.8 Å². The van der Waals surface area contributed by atoms with Crippen molar-refractivity contribution in [2.45, 2.75) is 26.8 Å². The van der Waals surface area contributed by atoms with Crippen molar-refractivity contribution >= 4 is 51.7 Å². The lowest BCUT2D eigenvalue weighted by atomic mass is 9.99. The zero-order valence-corrected chi connectivity index (χ0v) is 20.2. The van der Waals surface area contributed by atoms with Crippen LogP contribution in [0.2, 0.25) is 0 Å². The van der Waals surface area contributed by atoms with E-state index >= 15 is 0 Å². The van der Waals surface area contributed by atoms with Crippen molar-refractivity contribution in [2.24, 2.45) is 5.92 Å². The number of carbonyl (C=O) groups is 1. The highest BCUT2D eigenvalue weighted by atomic mass is 32.2. The van der Waals surface area contributed by atoms with Crippen LogP contribution in [0.4, 0.5) is 5.82 Å². The molecule has 8 heteroatoms. The summed E-state index contributed by atoms with van der Waals surface area (Å²) >= 11 is 6.71. The Bertz CT molecular complexity index is 1360. The van der Waals surface area contributed by atoms with Crippen LogP contribution in [0.1, 0.15) is 30.5 Å². The summed E-state index contributed by atoms with van der Waals surface area (Å²) in [5.74, 6) is 0.754. The molecule has 168 valence electrons. The molecule has 0 saturated carbocycles. The Hall–Kier alpha value is -2.97. The van der Waals surface area contributed by atoms with E-state index in [2.05, 4.69) is 23.1 Å². The molecule has 1 saturated heterocycles. The number of thioether (sulfide) groups is 1. The van der Waals surface area contributed by atoms with Crippen LogP contribution >= 0.6 is 24.0 Å². The molecule has 2 aliphatic rings. The molecule has 2 aromatic heterocycles. The van der Waals surface area contributed by atoms with Gasteiger partial charge in [0, 0.05) is 25.8 Å². The van der Waals surface area contributed by atoms with E-state index < -0.39 is 0 Å². The van der Waals surface area contributed by atoms with E-state index in [1.807, 2.05) is 32.0 Å². The highest BCUT2D eigenvalue weighted by Crippen LogP contribution is 2.34. The van der Waals surface area contributed by atoms with Crippen LogP contribution in [-0.4, -0.2) is 37.6 Å². The highest BCUT2D eigenvalue weighted by Gasteiger charge is 2.33. The summed E-state index contributed by atoms with van der Waals surface area (Å²) in [6.07, 6.45) is 4.27. The Morgan fingerprint density at radius 2 is 1.88 bits per heavy atom. The fourth-order valence-corrected chi connectivity index (χ4v) is 5.55. The molecule has 0 unspecified atom stereocenters. The SMILES string of the molecule is CC(C)CN1C(=O)/C(=C\c2c(N3CCc4ccccc4C3)nc3ccccn3c2=O)SC1=S. The highest BCUT2D eigenvalue weighted by molar-refractivity contribution is 8.26. The second kappa shape index (κ2) is 8.76. The summed E-state index contributed by atoms with van der Waals surface area (Å²) in [5, 5.41) is 0. The van der Waals surface area contributed by atoms with Gasteiger partial charge in [-0.05, 0) is 41.7 Å². The minimum Gasteiger partial charge on any atom is -0.351 e. The van der Waals surface area contributed by atoms with Crippen LogP contribution < -0.4 is 10.5 Å². The number of rotatable bonds is 4. The maximum absolute atomic E-state index is 13.6. The van der Waals surface area contributed by atoms with Crippen LogP contribution in [0.15, 0.2) is 58.4 Å². The molecule has 0 N–H and O–H groups in total. The van der Waals surface area contributed by atoms with Gasteiger partial charge >= 0.3 is 0 Å². The van der Waals surface area contributed by atoms with E-state index in [0.717, 1.165) is 13.0 Å². The number of anilines is 1. The van der Waals surface area contributed by atoms with Crippen molar-refractivity contribution in [3.63, 3.8) is 0 Å². The number of hydrogen-bond acceptors (Lipinski definition) is 6. The number of aromatic nitrogens is 2. The molecule has 1 fully saturated rings. The molecule has 0 spiro atoms. The van der Waals surface area contributed by atoms with Crippen molar-refractivity contribution in [3.8, 4) is 0 Å². The van der Waals surface area contributed by atoms with Gasteiger partial charge in [0.05, 0.1) is 10.5 Å². The lowest BCUT2D eigenvalue weighted by Gasteiger charge is -2.30. The van der Waals surface area contributed by atoms with Crippen LogP contribution in [0.25, 0.3) is 11.7 Å². The molecule has 0 radical (unpaired) electrons. The molecule has 2 aliphatic heterocycles. The third kappa shape index (κ3) is 4.09. The first-order valence-electron chi connectivity index (χ1n) is 11.0. The van der Waals surface area contributed by atoms with E-state index in [1.165, 1.54) is 27.3 Å². The van der Waals surface area contributed by atoms with Gasteiger partial charge in [0.2, 0.25) is 0 Å². The van der Waals surface area contributed by atoms with Gasteiger partial charge in [-0.15, -0.1) is 0 Å². The van der Waals surface area contributed by atoms with Crippen molar-refractivity contribution < 1.29 is 4.79 Å². The standard InChI is InChI=1S/C25H24N4O2S2/c1-16(2)14-29-24(31)20(33-25(29)32)13-19-22(26-21-9-5-6-11-28(21)23(19)30)27-12-10-17-7-3-4-8-18(17)15-27/h3-9,11,13,16H,10,12,14-15H2,1-2H3/b20-13+. The Labute approximate surface area is 201 Å². The maximum atomic E-state index is 13.6. The molecule has 0 atom stereocenters. The number of pyridine rings is 1. The summed E-state index contributed by atoms with van der Waals surface area (Å²) in [6, 6.07) is 13.9. The summed E-state index contributed by atoms with van der Waals surface area (Å²) in [4.78, 5) is 35.7. The number of thiocarbonyl (C=S) groups is 1. The van der Waals surface area contributed by atoms with Gasteiger partial charge < -0.3 is 4.90 Å². The number of fused-ring (bicyclic) bond motifs is 2. The molecule has 3 aromatic rings. The van der Waals surface area contributed by atoms with E-state index in [9.17, 15) is 9.59 Å². The minimum atomic E-state index is -0.191. The van der Waals surface area contributed by atoms with Crippen molar-refractivity contribution in [3.05, 3.63) is 80.6 Å². The van der Waals surface area contributed by atoms with Gasteiger partial charge in [-0.3, -0.25) is 18.9 Å². The monoisotopic (exact) mass is 476 g/mol. The summed E-state index contributed by atoms with van der Waals surface area (Å²) in [7, 11) is 0. The van der Waals surface area contributed by atoms with E-state index in [4.69, 9.17) is 17.2 Å².